The van der Waals surface area contributed by atoms with Gasteiger partial charge in [-0.05, 0) is 0 Å². The highest BCUT2D eigenvalue weighted by Crippen LogP contribution is 2.38. The normalized spacial score (nSPS) is 45.0. The van der Waals surface area contributed by atoms with Gasteiger partial charge in [0.25, 0.3) is 0 Å². The monoisotopic (exact) mass is 254 g/mol. The maximum atomic E-state index is 10.0. The van der Waals surface area contributed by atoms with Gasteiger partial charge in [-0.25, -0.2) is 0 Å². The van der Waals surface area contributed by atoms with Gasteiger partial charge in [-0.1, -0.05) is 25.6 Å². The highest BCUT2D eigenvalue weighted by Gasteiger charge is 2.53. The first kappa shape index (κ1) is 14.2. The molecular formula is C9H18O6S. The van der Waals surface area contributed by atoms with Crippen LogP contribution in [-0.4, -0.2) is 66.9 Å². The zero-order valence-electron chi connectivity index (χ0n) is 9.15. The van der Waals surface area contributed by atoms with E-state index in [0.717, 1.165) is 11.8 Å². The Kier molecular flexibility index (Phi) is 4.58. The van der Waals surface area contributed by atoms with Crippen LogP contribution in [0.1, 0.15) is 13.8 Å². The molecule has 5 atom stereocenters. The summed E-state index contributed by atoms with van der Waals surface area (Å²) >= 11 is 0.912. The molecule has 0 radical (unpaired) electrons. The van der Waals surface area contributed by atoms with E-state index < -0.39 is 36.1 Å². The quantitative estimate of drug-likeness (QED) is 0.380. The second kappa shape index (κ2) is 5.18. The maximum absolute atomic E-state index is 10.0. The molecule has 0 aliphatic carbocycles. The van der Waals surface area contributed by atoms with E-state index in [1.165, 1.54) is 0 Å². The van der Waals surface area contributed by atoms with Crippen molar-refractivity contribution < 1.29 is 30.3 Å². The van der Waals surface area contributed by atoms with E-state index in [0.29, 0.717) is 0 Å². The van der Waals surface area contributed by atoms with Crippen LogP contribution in [0.5, 0.6) is 0 Å². The third kappa shape index (κ3) is 2.67. The number of rotatable bonds is 3. The third-order valence-corrected chi connectivity index (χ3v) is 3.48. The largest absolute Gasteiger partial charge is 0.394 e. The Balaban J connectivity index is 2.85. The molecule has 1 rings (SSSR count). The van der Waals surface area contributed by atoms with Crippen LogP contribution in [0.4, 0.5) is 0 Å². The smallest absolute Gasteiger partial charge is 0.246 e. The Morgan fingerprint density at radius 1 is 1.25 bits per heavy atom. The summed E-state index contributed by atoms with van der Waals surface area (Å²) in [6, 6.07) is 0. The highest BCUT2D eigenvalue weighted by atomic mass is 32.2. The summed E-state index contributed by atoms with van der Waals surface area (Å²) in [7, 11) is 0. The van der Waals surface area contributed by atoms with Crippen molar-refractivity contribution in [2.24, 2.45) is 0 Å². The first-order valence-electron chi connectivity index (χ1n) is 5.05. The zero-order chi connectivity index (χ0) is 12.5. The number of aliphatic hydroxyl groups excluding tert-OH is 4. The number of hydrogen-bond donors (Lipinski definition) is 5. The first-order valence-corrected chi connectivity index (χ1v) is 5.93. The Morgan fingerprint density at radius 2 is 1.81 bits per heavy atom. The van der Waals surface area contributed by atoms with Crippen molar-refractivity contribution >= 4 is 11.8 Å². The molecule has 7 heteroatoms. The lowest BCUT2D eigenvalue weighted by Gasteiger charge is -2.45. The van der Waals surface area contributed by atoms with Crippen molar-refractivity contribution in [3.63, 3.8) is 0 Å². The number of aliphatic hydroxyl groups is 5. The minimum Gasteiger partial charge on any atom is -0.394 e. The van der Waals surface area contributed by atoms with E-state index in [9.17, 15) is 20.4 Å². The Morgan fingerprint density at radius 3 is 2.25 bits per heavy atom. The van der Waals surface area contributed by atoms with Gasteiger partial charge in [0.1, 0.15) is 24.4 Å². The van der Waals surface area contributed by atoms with Gasteiger partial charge in [0, 0.05) is 5.25 Å². The fourth-order valence-electron chi connectivity index (χ4n) is 1.56. The van der Waals surface area contributed by atoms with Crippen LogP contribution in [-0.2, 0) is 4.74 Å². The molecule has 16 heavy (non-hydrogen) atoms. The Labute approximate surface area is 97.9 Å². The number of ether oxygens (including phenoxy) is 1. The lowest BCUT2D eigenvalue weighted by atomic mass is 9.99. The molecule has 1 heterocycles. The standard InChI is InChI=1S/C9H18O6S/c1-4(2)16-9(14)8(13)7(12)6(11)5(3-10)15-9/h4-8,10-14H,3H2,1-2H3/t5-,6+,7+,8-,9?/m1/s1. The molecule has 0 aromatic carbocycles. The van der Waals surface area contributed by atoms with Gasteiger partial charge in [0.05, 0.1) is 6.61 Å². The van der Waals surface area contributed by atoms with Crippen molar-refractivity contribution in [3.8, 4) is 0 Å². The number of thioether (sulfide) groups is 1. The second-order valence-corrected chi connectivity index (χ2v) is 5.83. The molecular weight excluding hydrogens is 236 g/mol. The summed E-state index contributed by atoms with van der Waals surface area (Å²) in [5.41, 5.74) is 0. The summed E-state index contributed by atoms with van der Waals surface area (Å²) in [6.07, 6.45) is -5.72. The van der Waals surface area contributed by atoms with Crippen molar-refractivity contribution in [2.75, 3.05) is 6.61 Å². The van der Waals surface area contributed by atoms with Crippen molar-refractivity contribution in [3.05, 3.63) is 0 Å². The highest BCUT2D eigenvalue weighted by molar-refractivity contribution is 8.00. The molecule has 1 unspecified atom stereocenters. The molecule has 0 spiro atoms. The third-order valence-electron chi connectivity index (χ3n) is 2.33. The average Bonchev–Trinajstić information content (AvgIpc) is 2.20. The summed E-state index contributed by atoms with van der Waals surface area (Å²) in [4.78, 5) is 0. The van der Waals surface area contributed by atoms with Gasteiger partial charge < -0.3 is 30.3 Å². The van der Waals surface area contributed by atoms with Gasteiger partial charge in [0.2, 0.25) is 5.12 Å². The molecule has 6 nitrogen and oxygen atoms in total. The molecule has 1 fully saturated rings. The van der Waals surface area contributed by atoms with E-state index in [2.05, 4.69) is 0 Å². The fourth-order valence-corrected chi connectivity index (χ4v) is 2.69. The second-order valence-electron chi connectivity index (χ2n) is 4.06. The topological polar surface area (TPSA) is 110 Å². The summed E-state index contributed by atoms with van der Waals surface area (Å²) in [5.74, 6) is 0. The van der Waals surface area contributed by atoms with Crippen molar-refractivity contribution in [2.45, 2.75) is 48.6 Å². The van der Waals surface area contributed by atoms with Gasteiger partial charge in [-0.2, -0.15) is 0 Å². The summed E-state index contributed by atoms with van der Waals surface area (Å²) in [5, 5.41) is 45.5. The maximum Gasteiger partial charge on any atom is 0.246 e. The molecule has 0 aromatic rings. The zero-order valence-corrected chi connectivity index (χ0v) is 9.96. The van der Waals surface area contributed by atoms with E-state index in [1.54, 1.807) is 13.8 Å². The minimum atomic E-state index is -2.01. The van der Waals surface area contributed by atoms with Crippen LogP contribution in [0.15, 0.2) is 0 Å². The Hall–Kier alpha value is 0.110. The lowest BCUT2D eigenvalue weighted by molar-refractivity contribution is -0.305. The van der Waals surface area contributed by atoms with Crippen LogP contribution < -0.4 is 0 Å². The first-order chi connectivity index (χ1) is 7.31. The average molecular weight is 254 g/mol. The van der Waals surface area contributed by atoms with Crippen LogP contribution in [0.3, 0.4) is 0 Å². The lowest BCUT2D eigenvalue weighted by Crippen LogP contribution is -2.64. The molecule has 5 N–H and O–H groups in total. The molecule has 1 aliphatic rings. The molecule has 1 aliphatic heterocycles. The van der Waals surface area contributed by atoms with Crippen molar-refractivity contribution in [1.29, 1.82) is 0 Å². The SMILES string of the molecule is CC(C)SC1(O)O[C@H](CO)[C@H](O)[C@H](O)[C@H]1O. The number of hydrogen-bond acceptors (Lipinski definition) is 7. The predicted molar refractivity (Wildman–Crippen MR) is 57.7 cm³/mol. The molecule has 0 bridgehead atoms. The van der Waals surface area contributed by atoms with Crippen LogP contribution in [0, 0.1) is 0 Å². The minimum absolute atomic E-state index is 0.0542. The summed E-state index contributed by atoms with van der Waals surface area (Å²) in [6.45, 7) is 3.01. The molecule has 0 saturated carbocycles. The molecule has 0 aromatic heterocycles. The van der Waals surface area contributed by atoms with Gasteiger partial charge >= 0.3 is 0 Å². The van der Waals surface area contributed by atoms with E-state index in [4.69, 9.17) is 9.84 Å². The molecule has 0 amide bonds. The Bertz CT molecular complexity index is 236. The van der Waals surface area contributed by atoms with E-state index in [-0.39, 0.29) is 5.25 Å². The molecule has 96 valence electrons. The van der Waals surface area contributed by atoms with Gasteiger partial charge in [-0.15, -0.1) is 0 Å². The van der Waals surface area contributed by atoms with Gasteiger partial charge in [0.15, 0.2) is 0 Å². The van der Waals surface area contributed by atoms with Crippen LogP contribution in [0.2, 0.25) is 0 Å². The van der Waals surface area contributed by atoms with E-state index >= 15 is 0 Å². The van der Waals surface area contributed by atoms with Crippen LogP contribution in [0.25, 0.3) is 0 Å². The predicted octanol–water partition coefficient (Wildman–Crippen LogP) is -1.75. The van der Waals surface area contributed by atoms with Crippen molar-refractivity contribution in [1.82, 2.24) is 0 Å². The molecule has 1 saturated heterocycles. The van der Waals surface area contributed by atoms with Gasteiger partial charge in [-0.3, -0.25) is 0 Å². The van der Waals surface area contributed by atoms with E-state index in [1.807, 2.05) is 0 Å². The fraction of sp³-hybridized carbons (Fsp3) is 1.00. The summed E-state index contributed by atoms with van der Waals surface area (Å²) < 4.78 is 5.04. The van der Waals surface area contributed by atoms with Crippen LogP contribution >= 0.6 is 11.8 Å².